The minimum Gasteiger partial charge on any atom is -0.480 e. The molecule has 3 rings (SSSR count). The van der Waals surface area contributed by atoms with Crippen LogP contribution in [0.15, 0.2) is 67.1 Å². The van der Waals surface area contributed by atoms with Crippen molar-refractivity contribution in [2.45, 2.75) is 12.5 Å². The van der Waals surface area contributed by atoms with E-state index in [1.54, 1.807) is 24.3 Å². The maximum Gasteiger partial charge on any atom is 0.326 e. The van der Waals surface area contributed by atoms with Gasteiger partial charge in [-0.15, -0.1) is 0 Å². The van der Waals surface area contributed by atoms with E-state index in [-0.39, 0.29) is 5.78 Å². The van der Waals surface area contributed by atoms with Crippen LogP contribution in [0.1, 0.15) is 32.8 Å². The number of carboxylic acids is 1. The van der Waals surface area contributed by atoms with Gasteiger partial charge in [-0.1, -0.05) is 42.5 Å². The number of hydrogen-bond acceptors (Lipinski definition) is 5. The van der Waals surface area contributed by atoms with Crippen molar-refractivity contribution >= 4 is 35.5 Å². The molecule has 3 aromatic rings. The highest BCUT2D eigenvalue weighted by atomic mass is 32.2. The molecule has 1 aromatic heterocycles. The Morgan fingerprint density at radius 1 is 1.19 bits per heavy atom. The van der Waals surface area contributed by atoms with Crippen molar-refractivity contribution in [3.8, 4) is 11.1 Å². The molecular weight excluding hydrogens is 426 g/mol. The molecule has 0 aliphatic carbocycles. The number of nitrogens with one attached hydrogen (secondary N) is 2. The topological polar surface area (TPSA) is 112 Å². The fourth-order valence-electron chi connectivity index (χ4n) is 3.10. The van der Waals surface area contributed by atoms with Gasteiger partial charge in [0.25, 0.3) is 5.91 Å². The molecule has 2 aromatic carbocycles. The Balaban J connectivity index is 1.91. The first-order valence-electron chi connectivity index (χ1n) is 9.92. The number of nitrogens with zero attached hydrogens (tertiary/aromatic N) is 1. The number of H-pyrrole nitrogens is 1. The van der Waals surface area contributed by atoms with E-state index in [4.69, 9.17) is 0 Å². The largest absolute Gasteiger partial charge is 0.480 e. The number of rotatable bonds is 10. The van der Waals surface area contributed by atoms with Crippen LogP contribution in [0.3, 0.4) is 0 Å². The summed E-state index contributed by atoms with van der Waals surface area (Å²) < 4.78 is 0. The second kappa shape index (κ2) is 11.1. The number of amides is 1. The number of carbonyl (C=O) groups is 3. The van der Waals surface area contributed by atoms with Gasteiger partial charge in [0.1, 0.15) is 11.7 Å². The molecule has 0 saturated carbocycles. The van der Waals surface area contributed by atoms with Crippen LogP contribution in [0.2, 0.25) is 0 Å². The smallest absolute Gasteiger partial charge is 0.326 e. The average Bonchev–Trinajstić information content (AvgIpc) is 3.35. The molecule has 164 valence electrons. The molecule has 3 N–H and O–H groups in total. The van der Waals surface area contributed by atoms with Crippen molar-refractivity contribution in [3.05, 3.63) is 84.0 Å². The first-order chi connectivity index (χ1) is 15.5. The third kappa shape index (κ3) is 5.95. The van der Waals surface area contributed by atoms with Gasteiger partial charge in [0.05, 0.1) is 12.5 Å². The normalized spacial score (nSPS) is 11.9. The summed E-state index contributed by atoms with van der Waals surface area (Å²) in [7, 11) is 0. The first-order valence-corrected chi connectivity index (χ1v) is 11.3. The van der Waals surface area contributed by atoms with E-state index in [1.165, 1.54) is 30.4 Å². The Morgan fingerprint density at radius 2 is 1.97 bits per heavy atom. The molecule has 32 heavy (non-hydrogen) atoms. The molecular formula is C24H23N3O4S. The lowest BCUT2D eigenvalue weighted by Crippen LogP contribution is -2.41. The summed E-state index contributed by atoms with van der Waals surface area (Å²) in [4.78, 5) is 43.3. The maximum absolute atomic E-state index is 13.0. The number of aromatic amines is 1. The molecule has 0 fully saturated rings. The molecule has 1 amide bonds. The van der Waals surface area contributed by atoms with Crippen molar-refractivity contribution in [1.29, 1.82) is 0 Å². The number of thioether (sulfide) groups is 1. The lowest BCUT2D eigenvalue weighted by Gasteiger charge is -2.16. The van der Waals surface area contributed by atoms with Crippen molar-refractivity contribution in [3.63, 3.8) is 0 Å². The Bertz CT molecular complexity index is 1110. The monoisotopic (exact) mass is 449 g/mol. The molecule has 0 aliphatic heterocycles. The summed E-state index contributed by atoms with van der Waals surface area (Å²) in [5, 5.41) is 12.1. The number of aromatic nitrogens is 2. The van der Waals surface area contributed by atoms with Gasteiger partial charge in [0.15, 0.2) is 0 Å². The number of carbonyl (C=O) groups excluding carboxylic acids is 2. The van der Waals surface area contributed by atoms with Crippen LogP contribution < -0.4 is 5.32 Å². The van der Waals surface area contributed by atoms with Gasteiger partial charge in [-0.05, 0) is 53.3 Å². The summed E-state index contributed by atoms with van der Waals surface area (Å²) in [5.74, 6) is -1.12. The predicted octanol–water partition coefficient (Wildman–Crippen LogP) is 3.91. The summed E-state index contributed by atoms with van der Waals surface area (Å²) in [5.41, 5.74) is 2.93. The highest BCUT2D eigenvalue weighted by molar-refractivity contribution is 7.98. The molecule has 1 atom stereocenters. The number of benzene rings is 2. The van der Waals surface area contributed by atoms with Crippen LogP contribution in [0.5, 0.6) is 0 Å². The van der Waals surface area contributed by atoms with Crippen LogP contribution in [-0.2, 0) is 4.79 Å². The number of aliphatic carboxylic acids is 1. The highest BCUT2D eigenvalue weighted by Gasteiger charge is 2.22. The number of ketones is 1. The van der Waals surface area contributed by atoms with Crippen LogP contribution in [0, 0.1) is 0 Å². The third-order valence-corrected chi connectivity index (χ3v) is 5.42. The number of carboxylic acid groups (broad SMARTS) is 1. The molecule has 0 aliphatic rings. The fourth-order valence-corrected chi connectivity index (χ4v) is 3.57. The van der Waals surface area contributed by atoms with Gasteiger partial charge in [-0.2, -0.15) is 11.8 Å². The zero-order valence-electron chi connectivity index (χ0n) is 17.4. The minimum absolute atomic E-state index is 0.219. The van der Waals surface area contributed by atoms with Crippen molar-refractivity contribution in [2.24, 2.45) is 0 Å². The van der Waals surface area contributed by atoms with Crippen molar-refractivity contribution < 1.29 is 19.5 Å². The fraction of sp³-hybridized carbons (Fsp3) is 0.167. The molecule has 0 saturated heterocycles. The van der Waals surface area contributed by atoms with Gasteiger partial charge in [0.2, 0.25) is 5.78 Å². The number of hydrogen-bond donors (Lipinski definition) is 3. The summed E-state index contributed by atoms with van der Waals surface area (Å²) in [6, 6.07) is 13.5. The van der Waals surface area contributed by atoms with Gasteiger partial charge in [-0.25, -0.2) is 9.78 Å². The zero-order valence-corrected chi connectivity index (χ0v) is 18.3. The Labute approximate surface area is 190 Å². The van der Waals surface area contributed by atoms with Crippen LogP contribution >= 0.6 is 11.8 Å². The van der Waals surface area contributed by atoms with Crippen LogP contribution in [0.4, 0.5) is 0 Å². The van der Waals surface area contributed by atoms with Gasteiger partial charge in [-0.3, -0.25) is 9.59 Å². The predicted molar refractivity (Wildman–Crippen MR) is 126 cm³/mol. The Kier molecular flexibility index (Phi) is 7.99. The molecule has 7 nitrogen and oxygen atoms in total. The SMILES string of the molecule is CSCCC(NC(=O)c1ccc(/C=C/C(=O)c2cnc[nH]2)cc1-c1ccccc1)C(=O)O. The van der Waals surface area contributed by atoms with E-state index in [1.807, 2.05) is 36.6 Å². The maximum atomic E-state index is 13.0. The lowest BCUT2D eigenvalue weighted by molar-refractivity contribution is -0.139. The standard InChI is InChI=1S/C24H23N3O4S/c1-32-12-11-20(24(30)31)27-23(29)18-9-7-16(8-10-22(28)21-14-25-15-26-21)13-19(18)17-5-3-2-4-6-17/h2-10,13-15,20H,11-12H2,1H3,(H,25,26)(H,27,29)(H,30,31)/b10-8+. The average molecular weight is 450 g/mol. The van der Waals surface area contributed by atoms with Crippen LogP contribution in [-0.4, -0.2) is 50.8 Å². The van der Waals surface area contributed by atoms with Gasteiger partial charge >= 0.3 is 5.97 Å². The van der Waals surface area contributed by atoms with Crippen molar-refractivity contribution in [1.82, 2.24) is 15.3 Å². The molecule has 1 heterocycles. The summed E-state index contributed by atoms with van der Waals surface area (Å²) >= 11 is 1.52. The van der Waals surface area contributed by atoms with Crippen molar-refractivity contribution in [2.75, 3.05) is 12.0 Å². The second-order valence-electron chi connectivity index (χ2n) is 6.98. The Hall–Kier alpha value is -3.65. The third-order valence-electron chi connectivity index (χ3n) is 4.78. The van der Waals surface area contributed by atoms with E-state index in [0.717, 1.165) is 11.1 Å². The number of imidazole rings is 1. The zero-order chi connectivity index (χ0) is 22.9. The first kappa shape index (κ1) is 23.0. The van der Waals surface area contributed by atoms with E-state index in [9.17, 15) is 19.5 Å². The molecule has 0 radical (unpaired) electrons. The van der Waals surface area contributed by atoms with E-state index in [0.29, 0.717) is 29.0 Å². The van der Waals surface area contributed by atoms with Gasteiger partial charge in [0, 0.05) is 5.56 Å². The molecule has 1 unspecified atom stereocenters. The van der Waals surface area contributed by atoms with Crippen LogP contribution in [0.25, 0.3) is 17.2 Å². The second-order valence-corrected chi connectivity index (χ2v) is 7.97. The highest BCUT2D eigenvalue weighted by Crippen LogP contribution is 2.26. The molecule has 0 bridgehead atoms. The molecule has 0 spiro atoms. The molecule has 8 heteroatoms. The lowest BCUT2D eigenvalue weighted by atomic mass is 9.96. The Morgan fingerprint density at radius 3 is 2.62 bits per heavy atom. The van der Waals surface area contributed by atoms with E-state index < -0.39 is 17.9 Å². The summed E-state index contributed by atoms with van der Waals surface area (Å²) in [6.45, 7) is 0. The van der Waals surface area contributed by atoms with E-state index >= 15 is 0 Å². The summed E-state index contributed by atoms with van der Waals surface area (Å²) in [6.07, 6.45) is 8.20. The quantitative estimate of drug-likeness (QED) is 0.320. The minimum atomic E-state index is -1.06. The number of allylic oxidation sites excluding steroid dienone is 1. The van der Waals surface area contributed by atoms with E-state index in [2.05, 4.69) is 15.3 Å². The van der Waals surface area contributed by atoms with Gasteiger partial charge < -0.3 is 15.4 Å².